The van der Waals surface area contributed by atoms with Crippen LogP contribution in [0.25, 0.3) is 0 Å². The number of rotatable bonds is 7. The molecule has 7 heteroatoms. The highest BCUT2D eigenvalue weighted by Crippen LogP contribution is 2.03. The second-order valence-electron chi connectivity index (χ2n) is 4.94. The third kappa shape index (κ3) is 5.25. The van der Waals surface area contributed by atoms with Crippen LogP contribution in [0.1, 0.15) is 19.4 Å². The van der Waals surface area contributed by atoms with Gasteiger partial charge in [-0.15, -0.1) is 0 Å². The molecule has 7 nitrogen and oxygen atoms in total. The first-order valence-corrected chi connectivity index (χ1v) is 6.72. The smallest absolute Gasteiger partial charge is 0.326 e. The average Bonchev–Trinajstić information content (AvgIpc) is 2.49. The van der Waals surface area contributed by atoms with Crippen molar-refractivity contribution in [2.24, 2.45) is 5.92 Å². The fraction of sp³-hybridized carbons (Fsp3) is 0.333. The van der Waals surface area contributed by atoms with E-state index >= 15 is 0 Å². The van der Waals surface area contributed by atoms with Crippen molar-refractivity contribution in [1.29, 1.82) is 5.26 Å². The predicted octanol–water partition coefficient (Wildman–Crippen LogP) is 0.804. The van der Waals surface area contributed by atoms with Crippen molar-refractivity contribution in [2.45, 2.75) is 26.4 Å². The molecular weight excluding hydrogens is 284 g/mol. The van der Waals surface area contributed by atoms with Crippen molar-refractivity contribution in [1.82, 2.24) is 15.6 Å². The van der Waals surface area contributed by atoms with Crippen LogP contribution in [0.4, 0.5) is 0 Å². The van der Waals surface area contributed by atoms with Crippen LogP contribution in [0.15, 0.2) is 36.3 Å². The highest BCUT2D eigenvalue weighted by Gasteiger charge is 2.20. The van der Waals surface area contributed by atoms with Gasteiger partial charge in [-0.3, -0.25) is 9.78 Å². The zero-order valence-electron chi connectivity index (χ0n) is 12.4. The lowest BCUT2D eigenvalue weighted by Gasteiger charge is -2.16. The van der Waals surface area contributed by atoms with Gasteiger partial charge >= 0.3 is 5.97 Å². The molecule has 0 aliphatic rings. The van der Waals surface area contributed by atoms with Crippen LogP contribution in [0.2, 0.25) is 0 Å². The van der Waals surface area contributed by atoms with Gasteiger partial charge in [0.25, 0.3) is 5.91 Å². The molecule has 1 unspecified atom stereocenters. The molecule has 1 aromatic heterocycles. The van der Waals surface area contributed by atoms with Crippen LogP contribution >= 0.6 is 0 Å². The summed E-state index contributed by atoms with van der Waals surface area (Å²) in [6.45, 7) is 3.69. The molecule has 22 heavy (non-hydrogen) atoms. The normalized spacial score (nSPS) is 12.4. The lowest BCUT2D eigenvalue weighted by molar-refractivity contribution is -0.140. The van der Waals surface area contributed by atoms with E-state index in [0.29, 0.717) is 0 Å². The molecule has 1 aromatic rings. The minimum atomic E-state index is -1.04. The number of carboxylic acid groups (broad SMARTS) is 1. The molecule has 1 atom stereocenters. The first kappa shape index (κ1) is 17.2. The number of nitriles is 1. The summed E-state index contributed by atoms with van der Waals surface area (Å²) >= 11 is 0. The first-order valence-electron chi connectivity index (χ1n) is 6.72. The van der Waals surface area contributed by atoms with E-state index in [0.717, 1.165) is 11.8 Å². The molecule has 0 aromatic carbocycles. The third-order valence-electron chi connectivity index (χ3n) is 2.88. The average molecular weight is 302 g/mol. The van der Waals surface area contributed by atoms with Gasteiger partial charge in [0.1, 0.15) is 17.7 Å². The van der Waals surface area contributed by atoms with Gasteiger partial charge in [-0.2, -0.15) is 5.26 Å². The van der Waals surface area contributed by atoms with E-state index in [1.54, 1.807) is 44.4 Å². The Morgan fingerprint density at radius 1 is 1.50 bits per heavy atom. The van der Waals surface area contributed by atoms with E-state index in [9.17, 15) is 9.59 Å². The van der Waals surface area contributed by atoms with Gasteiger partial charge in [-0.25, -0.2) is 4.79 Å². The maximum Gasteiger partial charge on any atom is 0.326 e. The summed E-state index contributed by atoms with van der Waals surface area (Å²) in [5, 5.41) is 23.2. The first-order chi connectivity index (χ1) is 10.5. The second-order valence-corrected chi connectivity index (χ2v) is 4.94. The number of carboxylic acids is 1. The summed E-state index contributed by atoms with van der Waals surface area (Å²) < 4.78 is 0. The fourth-order valence-electron chi connectivity index (χ4n) is 1.65. The largest absolute Gasteiger partial charge is 0.480 e. The van der Waals surface area contributed by atoms with Crippen molar-refractivity contribution in [3.63, 3.8) is 0 Å². The van der Waals surface area contributed by atoms with E-state index in [2.05, 4.69) is 15.6 Å². The number of pyridine rings is 1. The van der Waals surface area contributed by atoms with Gasteiger partial charge in [-0.1, -0.05) is 19.9 Å². The number of amides is 1. The highest BCUT2D eigenvalue weighted by molar-refractivity contribution is 5.97. The molecule has 0 saturated carbocycles. The summed E-state index contributed by atoms with van der Waals surface area (Å²) in [4.78, 5) is 26.8. The molecule has 0 aliphatic carbocycles. The molecular formula is C15H18N4O3. The zero-order chi connectivity index (χ0) is 16.5. The fourth-order valence-corrected chi connectivity index (χ4v) is 1.65. The second kappa shape index (κ2) is 8.42. The van der Waals surface area contributed by atoms with Crippen molar-refractivity contribution < 1.29 is 14.7 Å². The van der Waals surface area contributed by atoms with Crippen molar-refractivity contribution in [2.75, 3.05) is 0 Å². The Balaban J connectivity index is 2.66. The summed E-state index contributed by atoms with van der Waals surface area (Å²) in [7, 11) is 0. The molecule has 3 N–H and O–H groups in total. The van der Waals surface area contributed by atoms with Crippen molar-refractivity contribution in [3.05, 3.63) is 41.9 Å². The number of hydrogen-bond donors (Lipinski definition) is 3. The van der Waals surface area contributed by atoms with Crippen LogP contribution in [-0.2, 0) is 16.1 Å². The molecule has 0 aliphatic heterocycles. The molecule has 1 rings (SSSR count). The molecule has 1 heterocycles. The molecule has 0 spiro atoms. The van der Waals surface area contributed by atoms with Crippen LogP contribution < -0.4 is 10.6 Å². The van der Waals surface area contributed by atoms with Gasteiger partial charge in [0, 0.05) is 25.1 Å². The molecule has 0 bridgehead atoms. The Bertz CT molecular complexity index is 591. The minimum absolute atomic E-state index is 0.184. The van der Waals surface area contributed by atoms with Gasteiger partial charge in [0.15, 0.2) is 0 Å². The van der Waals surface area contributed by atoms with Crippen LogP contribution in [0, 0.1) is 17.2 Å². The number of aromatic nitrogens is 1. The SMILES string of the molecule is CC(C)C(N/C=C(/C#N)C(=O)NCc1cccnc1)C(=O)O. The third-order valence-corrected chi connectivity index (χ3v) is 2.88. The molecule has 116 valence electrons. The number of carbonyl (C=O) groups excluding carboxylic acids is 1. The monoisotopic (exact) mass is 302 g/mol. The van der Waals surface area contributed by atoms with Crippen LogP contribution in [-0.4, -0.2) is 28.0 Å². The van der Waals surface area contributed by atoms with Gasteiger partial charge in [-0.05, 0) is 17.5 Å². The Morgan fingerprint density at radius 3 is 2.73 bits per heavy atom. The number of hydrogen-bond acceptors (Lipinski definition) is 5. The summed E-state index contributed by atoms with van der Waals surface area (Å²) in [5.74, 6) is -1.81. The molecule has 0 fully saturated rings. The maximum absolute atomic E-state index is 11.9. The lowest BCUT2D eigenvalue weighted by atomic mass is 10.1. The number of carbonyl (C=O) groups is 2. The zero-order valence-corrected chi connectivity index (χ0v) is 12.4. The maximum atomic E-state index is 11.9. The Morgan fingerprint density at radius 2 is 2.23 bits per heavy atom. The highest BCUT2D eigenvalue weighted by atomic mass is 16.4. The minimum Gasteiger partial charge on any atom is -0.480 e. The van der Waals surface area contributed by atoms with E-state index in [-0.39, 0.29) is 18.0 Å². The standard InChI is InChI=1S/C15H18N4O3/c1-10(2)13(15(21)22)18-9-12(6-16)14(20)19-8-11-4-3-5-17-7-11/h3-5,7,9-10,13,18H,8H2,1-2H3,(H,19,20)(H,21,22)/b12-9-. The molecule has 0 saturated heterocycles. The molecule has 0 radical (unpaired) electrons. The van der Waals surface area contributed by atoms with E-state index in [1.165, 1.54) is 0 Å². The van der Waals surface area contributed by atoms with Gasteiger partial charge < -0.3 is 15.7 Å². The lowest BCUT2D eigenvalue weighted by Crippen LogP contribution is -2.38. The Kier molecular flexibility index (Phi) is 6.57. The predicted molar refractivity (Wildman–Crippen MR) is 79.2 cm³/mol. The summed E-state index contributed by atoms with van der Waals surface area (Å²) in [6.07, 6.45) is 4.36. The quantitative estimate of drug-likeness (QED) is 0.507. The summed E-state index contributed by atoms with van der Waals surface area (Å²) in [5.41, 5.74) is 0.613. The Labute approximate surface area is 128 Å². The number of nitrogens with one attached hydrogen (secondary N) is 2. The topological polar surface area (TPSA) is 115 Å². The Hall–Kier alpha value is -2.88. The van der Waals surface area contributed by atoms with Crippen molar-refractivity contribution in [3.8, 4) is 6.07 Å². The van der Waals surface area contributed by atoms with Crippen LogP contribution in [0.3, 0.4) is 0 Å². The van der Waals surface area contributed by atoms with Gasteiger partial charge in [0.2, 0.25) is 0 Å². The number of aliphatic carboxylic acids is 1. The van der Waals surface area contributed by atoms with E-state index < -0.39 is 17.9 Å². The number of nitrogens with zero attached hydrogens (tertiary/aromatic N) is 2. The van der Waals surface area contributed by atoms with Crippen molar-refractivity contribution >= 4 is 11.9 Å². The van der Waals surface area contributed by atoms with E-state index in [1.807, 2.05) is 0 Å². The molecule has 1 amide bonds. The van der Waals surface area contributed by atoms with Gasteiger partial charge in [0.05, 0.1) is 0 Å². The summed E-state index contributed by atoms with van der Waals surface area (Å²) in [6, 6.07) is 4.42. The van der Waals surface area contributed by atoms with Crippen LogP contribution in [0.5, 0.6) is 0 Å². The van der Waals surface area contributed by atoms with E-state index in [4.69, 9.17) is 10.4 Å².